The number of nitrogens with zero attached hydrogens (tertiary/aromatic N) is 5. The molecule has 0 N–H and O–H groups in total. The van der Waals surface area contributed by atoms with Gasteiger partial charge in [-0.1, -0.05) is 36.4 Å². The smallest absolute Gasteiger partial charge is 0.259 e. The molecule has 1 amide bonds. The number of rotatable bonds is 5. The number of fused-ring (bicyclic) bond motifs is 2. The highest BCUT2D eigenvalue weighted by Crippen LogP contribution is 2.26. The van der Waals surface area contributed by atoms with E-state index in [0.717, 1.165) is 27.7 Å². The molecular weight excluding hydrogens is 469 g/mol. The van der Waals surface area contributed by atoms with Crippen LogP contribution in [0.2, 0.25) is 0 Å². The third-order valence-electron chi connectivity index (χ3n) is 6.91. The zero-order chi connectivity index (χ0) is 25.4. The minimum absolute atomic E-state index is 0.0566. The van der Waals surface area contributed by atoms with Gasteiger partial charge in [0.25, 0.3) is 5.56 Å². The van der Waals surface area contributed by atoms with Crippen molar-refractivity contribution in [1.82, 2.24) is 24.2 Å². The SMILES string of the molecule is O=C(Cn1ncc2ccccc21)N1CCc2c(cc(-c3ccccc3F)c(=O)n2Cc2ccncc2)C1. The minimum Gasteiger partial charge on any atom is -0.336 e. The second kappa shape index (κ2) is 9.46. The molecule has 0 fully saturated rings. The number of carbonyl (C=O) groups excluding carboxylic acids is 1. The highest BCUT2D eigenvalue weighted by atomic mass is 19.1. The van der Waals surface area contributed by atoms with Crippen molar-refractivity contribution >= 4 is 16.8 Å². The predicted octanol–water partition coefficient (Wildman–Crippen LogP) is 4.03. The maximum Gasteiger partial charge on any atom is 0.259 e. The lowest BCUT2D eigenvalue weighted by Gasteiger charge is -2.31. The first-order chi connectivity index (χ1) is 18.1. The lowest BCUT2D eigenvalue weighted by atomic mass is 9.98. The Hall–Kier alpha value is -4.59. The monoisotopic (exact) mass is 493 g/mol. The van der Waals surface area contributed by atoms with Gasteiger partial charge in [-0.2, -0.15) is 5.10 Å². The number of benzene rings is 2. The summed E-state index contributed by atoms with van der Waals surface area (Å²) in [6.07, 6.45) is 5.66. The standard InChI is InChI=1S/C29H24FN5O2/c30-25-7-3-2-6-23(25)24-15-22-18-33(28(36)19-35-27-8-4-1-5-21(27)16-32-35)14-11-26(22)34(29(24)37)17-20-9-12-31-13-10-20/h1-10,12-13,15-16H,11,14,17-19H2. The van der Waals surface area contributed by atoms with Gasteiger partial charge in [-0.05, 0) is 41.5 Å². The van der Waals surface area contributed by atoms with Crippen LogP contribution in [0.3, 0.4) is 0 Å². The Morgan fingerprint density at radius 3 is 2.59 bits per heavy atom. The summed E-state index contributed by atoms with van der Waals surface area (Å²) >= 11 is 0. The summed E-state index contributed by atoms with van der Waals surface area (Å²) in [6.45, 7) is 1.30. The molecule has 7 nitrogen and oxygen atoms in total. The third-order valence-corrected chi connectivity index (χ3v) is 6.91. The lowest BCUT2D eigenvalue weighted by molar-refractivity contribution is -0.132. The molecule has 1 aliphatic rings. The number of halogens is 1. The van der Waals surface area contributed by atoms with E-state index >= 15 is 0 Å². The van der Waals surface area contributed by atoms with Crippen molar-refractivity contribution in [2.75, 3.05) is 6.54 Å². The molecule has 5 aromatic rings. The highest BCUT2D eigenvalue weighted by molar-refractivity contribution is 5.82. The molecule has 0 unspecified atom stereocenters. The fourth-order valence-corrected chi connectivity index (χ4v) is 5.02. The van der Waals surface area contributed by atoms with Crippen molar-refractivity contribution in [3.8, 4) is 11.1 Å². The molecule has 8 heteroatoms. The molecule has 0 aliphatic carbocycles. The molecule has 6 rings (SSSR count). The molecule has 0 saturated carbocycles. The number of pyridine rings is 2. The van der Waals surface area contributed by atoms with E-state index in [1.807, 2.05) is 36.4 Å². The first kappa shape index (κ1) is 22.8. The van der Waals surface area contributed by atoms with Crippen molar-refractivity contribution in [2.24, 2.45) is 0 Å². The Bertz CT molecular complexity index is 1680. The van der Waals surface area contributed by atoms with Gasteiger partial charge in [0.15, 0.2) is 0 Å². The molecule has 184 valence electrons. The van der Waals surface area contributed by atoms with E-state index in [1.54, 1.807) is 57.0 Å². The Balaban J connectivity index is 1.37. The molecule has 37 heavy (non-hydrogen) atoms. The van der Waals surface area contributed by atoms with Crippen molar-refractivity contribution in [3.05, 3.63) is 118 Å². The zero-order valence-electron chi connectivity index (χ0n) is 20.0. The van der Waals surface area contributed by atoms with Crippen LogP contribution in [0.25, 0.3) is 22.0 Å². The topological polar surface area (TPSA) is 73.0 Å². The maximum absolute atomic E-state index is 14.8. The van der Waals surface area contributed by atoms with Gasteiger partial charge >= 0.3 is 0 Å². The van der Waals surface area contributed by atoms with Gasteiger partial charge in [-0.15, -0.1) is 0 Å². The quantitative estimate of drug-likeness (QED) is 0.371. The van der Waals surface area contributed by atoms with Gasteiger partial charge in [0.2, 0.25) is 5.91 Å². The Kier molecular flexibility index (Phi) is 5.84. The number of amides is 1. The van der Waals surface area contributed by atoms with Gasteiger partial charge in [-0.25, -0.2) is 4.39 Å². The van der Waals surface area contributed by atoms with Gasteiger partial charge in [0.05, 0.1) is 23.8 Å². The van der Waals surface area contributed by atoms with Gasteiger partial charge in [-0.3, -0.25) is 19.3 Å². The molecule has 2 aromatic carbocycles. The van der Waals surface area contributed by atoms with E-state index in [9.17, 15) is 14.0 Å². The number of hydrogen-bond donors (Lipinski definition) is 0. The van der Waals surface area contributed by atoms with Crippen LogP contribution in [0.15, 0.2) is 90.1 Å². The molecule has 4 heterocycles. The Morgan fingerprint density at radius 2 is 1.76 bits per heavy atom. The van der Waals surface area contributed by atoms with Crippen LogP contribution in [0.5, 0.6) is 0 Å². The summed E-state index contributed by atoms with van der Waals surface area (Å²) in [5.74, 6) is -0.511. The number of hydrogen-bond acceptors (Lipinski definition) is 4. The molecule has 0 bridgehead atoms. The van der Waals surface area contributed by atoms with Crippen molar-refractivity contribution in [2.45, 2.75) is 26.1 Å². The molecule has 0 spiro atoms. The van der Waals surface area contributed by atoms with Gasteiger partial charge in [0, 0.05) is 48.5 Å². The molecule has 0 atom stereocenters. The summed E-state index contributed by atoms with van der Waals surface area (Å²) in [4.78, 5) is 32.8. The van der Waals surface area contributed by atoms with Crippen LogP contribution >= 0.6 is 0 Å². The first-order valence-corrected chi connectivity index (χ1v) is 12.2. The fourth-order valence-electron chi connectivity index (χ4n) is 5.02. The van der Waals surface area contributed by atoms with Crippen molar-refractivity contribution in [1.29, 1.82) is 0 Å². The summed E-state index contributed by atoms with van der Waals surface area (Å²) in [5, 5.41) is 5.37. The second-order valence-electron chi connectivity index (χ2n) is 9.18. The van der Waals surface area contributed by atoms with Crippen LogP contribution in [-0.2, 0) is 30.8 Å². The number of para-hydroxylation sites is 1. The minimum atomic E-state index is -0.454. The maximum atomic E-state index is 14.8. The van der Waals surface area contributed by atoms with Crippen LogP contribution in [0, 0.1) is 5.82 Å². The summed E-state index contributed by atoms with van der Waals surface area (Å²) < 4.78 is 18.2. The van der Waals surface area contributed by atoms with E-state index in [1.165, 1.54) is 6.07 Å². The van der Waals surface area contributed by atoms with Crippen LogP contribution < -0.4 is 5.56 Å². The van der Waals surface area contributed by atoms with E-state index in [2.05, 4.69) is 10.1 Å². The second-order valence-corrected chi connectivity index (χ2v) is 9.18. The van der Waals surface area contributed by atoms with E-state index < -0.39 is 5.82 Å². The average molecular weight is 494 g/mol. The Labute approximate surface area is 212 Å². The van der Waals surface area contributed by atoms with E-state index in [4.69, 9.17) is 0 Å². The molecule has 0 radical (unpaired) electrons. The van der Waals surface area contributed by atoms with Gasteiger partial charge < -0.3 is 9.47 Å². The van der Waals surface area contributed by atoms with E-state index in [0.29, 0.717) is 31.6 Å². The van der Waals surface area contributed by atoms with Crippen molar-refractivity contribution in [3.63, 3.8) is 0 Å². The predicted molar refractivity (Wildman–Crippen MR) is 138 cm³/mol. The van der Waals surface area contributed by atoms with E-state index in [-0.39, 0.29) is 23.6 Å². The summed E-state index contributed by atoms with van der Waals surface area (Å²) in [7, 11) is 0. The summed E-state index contributed by atoms with van der Waals surface area (Å²) in [5.41, 5.74) is 3.84. The average Bonchev–Trinajstić information content (AvgIpc) is 3.33. The van der Waals surface area contributed by atoms with Gasteiger partial charge in [0.1, 0.15) is 12.4 Å². The van der Waals surface area contributed by atoms with Crippen LogP contribution in [0.4, 0.5) is 4.39 Å². The summed E-state index contributed by atoms with van der Waals surface area (Å²) in [6, 6.07) is 19.5. The Morgan fingerprint density at radius 1 is 0.973 bits per heavy atom. The molecular formula is C29H24FN5O2. The first-order valence-electron chi connectivity index (χ1n) is 12.2. The number of aromatic nitrogens is 4. The molecule has 3 aromatic heterocycles. The fraction of sp³-hybridized carbons (Fsp3) is 0.172. The lowest BCUT2D eigenvalue weighted by Crippen LogP contribution is -2.41. The van der Waals surface area contributed by atoms with Crippen molar-refractivity contribution < 1.29 is 9.18 Å². The largest absolute Gasteiger partial charge is 0.336 e. The molecule has 1 aliphatic heterocycles. The zero-order valence-corrected chi connectivity index (χ0v) is 20.0. The normalized spacial score (nSPS) is 13.1. The van der Waals surface area contributed by atoms with Crippen LogP contribution in [0.1, 0.15) is 16.8 Å². The highest BCUT2D eigenvalue weighted by Gasteiger charge is 2.26. The number of carbonyl (C=O) groups is 1. The molecule has 0 saturated heterocycles. The van der Waals surface area contributed by atoms with Crippen LogP contribution in [-0.4, -0.2) is 36.7 Å². The third kappa shape index (κ3) is 4.31.